The summed E-state index contributed by atoms with van der Waals surface area (Å²) in [5.74, 6) is 0.230. The molecule has 2 atom stereocenters. The molecule has 18 heavy (non-hydrogen) atoms. The number of rotatable bonds is 2. The van der Waals surface area contributed by atoms with Crippen molar-refractivity contribution in [3.05, 3.63) is 54.1 Å². The van der Waals surface area contributed by atoms with E-state index < -0.39 is 0 Å². The summed E-state index contributed by atoms with van der Waals surface area (Å²) in [6.07, 6.45) is 7.06. The number of ether oxygens (including phenoxy) is 1. The maximum Gasteiger partial charge on any atom is 0.316 e. The predicted octanol–water partition coefficient (Wildman–Crippen LogP) is 3.21. The Kier molecular flexibility index (Phi) is 2.58. The zero-order valence-corrected chi connectivity index (χ0v) is 10.4. The Morgan fingerprint density at radius 2 is 2.17 bits per heavy atom. The van der Waals surface area contributed by atoms with E-state index in [0.717, 1.165) is 6.42 Å². The summed E-state index contributed by atoms with van der Waals surface area (Å²) in [6, 6.07) is 10.3. The number of hydrogen-bond donors (Lipinski definition) is 0. The molecule has 1 saturated carbocycles. The van der Waals surface area contributed by atoms with Crippen molar-refractivity contribution in [2.75, 3.05) is 6.61 Å². The van der Waals surface area contributed by atoms with E-state index >= 15 is 0 Å². The summed E-state index contributed by atoms with van der Waals surface area (Å²) >= 11 is 0. The number of hydrogen-bond acceptors (Lipinski definition) is 2. The minimum Gasteiger partial charge on any atom is -0.461 e. The molecule has 1 spiro atoms. The van der Waals surface area contributed by atoms with Gasteiger partial charge >= 0.3 is 5.97 Å². The number of carbonyl (C=O) groups excluding carboxylic acids is 1. The molecule has 0 saturated heterocycles. The maximum absolute atomic E-state index is 11.8. The first-order valence-corrected chi connectivity index (χ1v) is 6.31. The third-order valence-corrected chi connectivity index (χ3v) is 3.85. The van der Waals surface area contributed by atoms with E-state index in [0.29, 0.717) is 12.5 Å². The van der Waals surface area contributed by atoms with E-state index in [1.165, 1.54) is 11.1 Å². The Hall–Kier alpha value is -1.83. The molecule has 2 aliphatic rings. The molecule has 1 fully saturated rings. The van der Waals surface area contributed by atoms with Crippen LogP contribution in [0, 0.1) is 11.3 Å². The molecule has 2 nitrogen and oxygen atoms in total. The van der Waals surface area contributed by atoms with Gasteiger partial charge in [0.05, 0.1) is 5.41 Å². The fourth-order valence-corrected chi connectivity index (χ4v) is 2.62. The summed E-state index contributed by atoms with van der Waals surface area (Å²) in [4.78, 5) is 11.8. The van der Waals surface area contributed by atoms with Crippen LogP contribution in [0.2, 0.25) is 0 Å². The van der Waals surface area contributed by atoms with Gasteiger partial charge in [-0.25, -0.2) is 0 Å². The van der Waals surface area contributed by atoms with Crippen molar-refractivity contribution >= 4 is 11.5 Å². The lowest BCUT2D eigenvalue weighted by atomic mass is 9.99. The first-order chi connectivity index (χ1) is 8.72. The molecule has 92 valence electrons. The first kappa shape index (κ1) is 11.3. The second-order valence-corrected chi connectivity index (χ2v) is 5.07. The van der Waals surface area contributed by atoms with Gasteiger partial charge in [0.2, 0.25) is 0 Å². The van der Waals surface area contributed by atoms with Gasteiger partial charge in [-0.2, -0.15) is 0 Å². The lowest BCUT2D eigenvalue weighted by molar-refractivity contribution is -0.148. The Morgan fingerprint density at radius 3 is 2.89 bits per heavy atom. The minimum absolute atomic E-state index is 0.0629. The van der Waals surface area contributed by atoms with Gasteiger partial charge in [-0.1, -0.05) is 48.6 Å². The molecule has 0 radical (unpaired) electrons. The predicted molar refractivity (Wildman–Crippen MR) is 70.7 cm³/mol. The molecule has 1 aromatic rings. The van der Waals surface area contributed by atoms with Crippen molar-refractivity contribution in [2.24, 2.45) is 11.3 Å². The van der Waals surface area contributed by atoms with Crippen LogP contribution in [0.1, 0.15) is 18.9 Å². The average Bonchev–Trinajstić information content (AvgIpc) is 3.08. The summed E-state index contributed by atoms with van der Waals surface area (Å²) in [6.45, 7) is 2.52. The van der Waals surface area contributed by atoms with Gasteiger partial charge in [0.25, 0.3) is 0 Å². The van der Waals surface area contributed by atoms with E-state index in [9.17, 15) is 4.79 Å². The van der Waals surface area contributed by atoms with Gasteiger partial charge in [-0.3, -0.25) is 4.79 Å². The fourth-order valence-electron chi connectivity index (χ4n) is 2.62. The van der Waals surface area contributed by atoms with E-state index in [-0.39, 0.29) is 11.4 Å². The average molecular weight is 240 g/mol. The molecular formula is C16H16O2. The zero-order valence-electron chi connectivity index (χ0n) is 10.4. The molecule has 1 aromatic carbocycles. The SMILES string of the molecule is C/C(=C\[C@H]1C[C@@]12C=CCOC2=O)c1ccccc1. The second kappa shape index (κ2) is 4.13. The molecular weight excluding hydrogens is 224 g/mol. The van der Waals surface area contributed by atoms with Crippen LogP contribution < -0.4 is 0 Å². The Labute approximate surface area is 107 Å². The van der Waals surface area contributed by atoms with Crippen LogP contribution in [0.4, 0.5) is 0 Å². The number of benzene rings is 1. The Bertz CT molecular complexity index is 527. The summed E-state index contributed by atoms with van der Waals surface area (Å²) < 4.78 is 5.12. The van der Waals surface area contributed by atoms with Gasteiger partial charge in [-0.15, -0.1) is 0 Å². The molecule has 1 aliphatic heterocycles. The third kappa shape index (κ3) is 1.78. The number of esters is 1. The summed E-state index contributed by atoms with van der Waals surface area (Å²) in [5.41, 5.74) is 2.09. The fraction of sp³-hybridized carbons (Fsp3) is 0.312. The first-order valence-electron chi connectivity index (χ1n) is 6.31. The molecule has 0 aromatic heterocycles. The lowest BCUT2D eigenvalue weighted by Crippen LogP contribution is -2.22. The van der Waals surface area contributed by atoms with Crippen LogP contribution >= 0.6 is 0 Å². The van der Waals surface area contributed by atoms with Crippen LogP contribution in [0.3, 0.4) is 0 Å². The third-order valence-electron chi connectivity index (χ3n) is 3.85. The van der Waals surface area contributed by atoms with Gasteiger partial charge in [0.15, 0.2) is 0 Å². The Balaban J connectivity index is 1.81. The lowest BCUT2D eigenvalue weighted by Gasteiger charge is -2.15. The van der Waals surface area contributed by atoms with Crippen LogP contribution in [0.5, 0.6) is 0 Å². The van der Waals surface area contributed by atoms with Crippen LogP contribution in [-0.4, -0.2) is 12.6 Å². The van der Waals surface area contributed by atoms with Crippen molar-refractivity contribution in [1.29, 1.82) is 0 Å². The topological polar surface area (TPSA) is 26.3 Å². The summed E-state index contributed by atoms with van der Waals surface area (Å²) in [7, 11) is 0. The van der Waals surface area contributed by atoms with E-state index in [1.54, 1.807) is 0 Å². The zero-order chi connectivity index (χ0) is 12.6. The largest absolute Gasteiger partial charge is 0.461 e. The van der Waals surface area contributed by atoms with Gasteiger partial charge in [-0.05, 0) is 30.4 Å². The monoisotopic (exact) mass is 240 g/mol. The van der Waals surface area contributed by atoms with Crippen LogP contribution in [-0.2, 0) is 9.53 Å². The highest BCUT2D eigenvalue weighted by atomic mass is 16.5. The highest BCUT2D eigenvalue weighted by molar-refractivity contribution is 5.85. The van der Waals surface area contributed by atoms with Gasteiger partial charge in [0, 0.05) is 0 Å². The second-order valence-electron chi connectivity index (χ2n) is 5.07. The molecule has 2 heteroatoms. The number of allylic oxidation sites excluding steroid dienone is 2. The number of carbonyl (C=O) groups is 1. The normalized spacial score (nSPS) is 30.4. The van der Waals surface area contributed by atoms with Crippen molar-refractivity contribution in [1.82, 2.24) is 0 Å². The number of cyclic esters (lactones) is 1. The summed E-state index contributed by atoms with van der Waals surface area (Å²) in [5, 5.41) is 0. The van der Waals surface area contributed by atoms with Crippen molar-refractivity contribution in [2.45, 2.75) is 13.3 Å². The molecule has 0 bridgehead atoms. The van der Waals surface area contributed by atoms with Crippen LogP contribution in [0.25, 0.3) is 5.57 Å². The highest BCUT2D eigenvalue weighted by Crippen LogP contribution is 2.57. The van der Waals surface area contributed by atoms with Crippen molar-refractivity contribution in [3.8, 4) is 0 Å². The molecule has 1 heterocycles. The smallest absolute Gasteiger partial charge is 0.316 e. The maximum atomic E-state index is 11.8. The highest BCUT2D eigenvalue weighted by Gasteiger charge is 2.59. The Morgan fingerprint density at radius 1 is 1.39 bits per heavy atom. The van der Waals surface area contributed by atoms with Gasteiger partial charge < -0.3 is 4.74 Å². The van der Waals surface area contributed by atoms with Crippen molar-refractivity contribution in [3.63, 3.8) is 0 Å². The molecule has 0 N–H and O–H groups in total. The van der Waals surface area contributed by atoms with Crippen molar-refractivity contribution < 1.29 is 9.53 Å². The van der Waals surface area contributed by atoms with E-state index in [2.05, 4.69) is 25.1 Å². The molecule has 0 unspecified atom stereocenters. The standard InChI is InChI=1S/C16H16O2/c1-12(13-6-3-2-4-7-13)10-14-11-16(14)8-5-9-18-15(16)17/h2-8,10,14H,9,11H2,1H3/b12-10+/t14-,16-/m0/s1. The quantitative estimate of drug-likeness (QED) is 0.586. The minimum atomic E-state index is -0.353. The van der Waals surface area contributed by atoms with E-state index in [1.807, 2.05) is 30.4 Å². The molecule has 3 rings (SSSR count). The molecule has 1 aliphatic carbocycles. The van der Waals surface area contributed by atoms with E-state index in [4.69, 9.17) is 4.74 Å². The van der Waals surface area contributed by atoms with Crippen LogP contribution in [0.15, 0.2) is 48.6 Å². The van der Waals surface area contributed by atoms with Gasteiger partial charge in [0.1, 0.15) is 6.61 Å². The molecule has 0 amide bonds.